The maximum atomic E-state index is 12.1. The molecular formula is C13H24F2O2S. The lowest BCUT2D eigenvalue weighted by Gasteiger charge is -2.28. The van der Waals surface area contributed by atoms with Crippen molar-refractivity contribution in [2.24, 2.45) is 11.8 Å². The van der Waals surface area contributed by atoms with Gasteiger partial charge in [-0.3, -0.25) is 4.79 Å². The van der Waals surface area contributed by atoms with Gasteiger partial charge >= 0.3 is 5.97 Å². The molecule has 0 bridgehead atoms. The normalized spacial score (nSPS) is 14.2. The first-order valence-corrected chi connectivity index (χ1v) is 7.27. The predicted octanol–water partition coefficient (Wildman–Crippen LogP) is 4.29. The fourth-order valence-electron chi connectivity index (χ4n) is 1.92. The zero-order chi connectivity index (χ0) is 14.3. The minimum atomic E-state index is -2.28. The summed E-state index contributed by atoms with van der Waals surface area (Å²) in [6, 6.07) is 0. The van der Waals surface area contributed by atoms with Crippen molar-refractivity contribution in [3.8, 4) is 0 Å². The lowest BCUT2D eigenvalue weighted by molar-refractivity contribution is -0.142. The Morgan fingerprint density at radius 3 is 2.28 bits per heavy atom. The molecule has 0 radical (unpaired) electrons. The van der Waals surface area contributed by atoms with Crippen LogP contribution in [0.15, 0.2) is 0 Å². The van der Waals surface area contributed by atoms with Gasteiger partial charge in [0.25, 0.3) is 0 Å². The summed E-state index contributed by atoms with van der Waals surface area (Å²) in [5, 5.41) is 9.17. The molecule has 0 aliphatic rings. The maximum absolute atomic E-state index is 12.1. The van der Waals surface area contributed by atoms with Crippen LogP contribution in [0.1, 0.15) is 47.0 Å². The zero-order valence-electron chi connectivity index (χ0n) is 11.6. The third kappa shape index (κ3) is 8.72. The smallest absolute Gasteiger partial charge is 0.306 e. The Bertz CT molecular complexity index is 255. The van der Waals surface area contributed by atoms with Gasteiger partial charge in [-0.05, 0) is 24.5 Å². The van der Waals surface area contributed by atoms with Crippen molar-refractivity contribution in [3.63, 3.8) is 0 Å². The number of carbonyl (C=O) groups is 1. The van der Waals surface area contributed by atoms with Gasteiger partial charge in [0.1, 0.15) is 0 Å². The van der Waals surface area contributed by atoms with Gasteiger partial charge in [0.05, 0.1) is 5.92 Å². The monoisotopic (exact) mass is 282 g/mol. The van der Waals surface area contributed by atoms with Gasteiger partial charge in [0, 0.05) is 11.2 Å². The van der Waals surface area contributed by atoms with Crippen LogP contribution in [0.2, 0.25) is 0 Å². The molecule has 0 aromatic rings. The van der Waals surface area contributed by atoms with Gasteiger partial charge in [-0.15, -0.1) is 0 Å². The zero-order valence-corrected chi connectivity index (χ0v) is 12.4. The molecule has 1 N–H and O–H groups in total. The number of hydrogen-bond donors (Lipinski definition) is 1. The first-order chi connectivity index (χ1) is 8.14. The molecule has 0 heterocycles. The number of aliphatic carboxylic acids is 1. The fourth-order valence-corrected chi connectivity index (χ4v) is 3.08. The second-order valence-corrected chi connectivity index (χ2v) is 7.46. The second-order valence-electron chi connectivity index (χ2n) is 5.66. The van der Waals surface area contributed by atoms with Crippen molar-refractivity contribution < 1.29 is 18.7 Å². The van der Waals surface area contributed by atoms with Crippen LogP contribution in [0.4, 0.5) is 8.78 Å². The topological polar surface area (TPSA) is 37.3 Å². The van der Waals surface area contributed by atoms with Crippen molar-refractivity contribution >= 4 is 17.7 Å². The van der Waals surface area contributed by atoms with Gasteiger partial charge in [-0.2, -0.15) is 11.8 Å². The Balaban J connectivity index is 4.27. The van der Waals surface area contributed by atoms with Crippen LogP contribution >= 0.6 is 11.8 Å². The molecule has 0 rings (SSSR count). The molecular weight excluding hydrogens is 258 g/mol. The Morgan fingerprint density at radius 2 is 1.89 bits per heavy atom. The molecule has 0 aromatic carbocycles. The van der Waals surface area contributed by atoms with Crippen molar-refractivity contribution in [2.45, 2.75) is 58.1 Å². The van der Waals surface area contributed by atoms with Crippen LogP contribution < -0.4 is 0 Å². The first-order valence-electron chi connectivity index (χ1n) is 6.29. The van der Waals surface area contributed by atoms with E-state index in [1.54, 1.807) is 0 Å². The van der Waals surface area contributed by atoms with Crippen LogP contribution in [0, 0.1) is 11.8 Å². The van der Waals surface area contributed by atoms with Crippen LogP contribution in [0.3, 0.4) is 0 Å². The summed E-state index contributed by atoms with van der Waals surface area (Å²) in [7, 11) is 0. The summed E-state index contributed by atoms with van der Waals surface area (Å²) in [5.41, 5.74) is 0. The van der Waals surface area contributed by atoms with E-state index in [0.717, 1.165) is 0 Å². The Hall–Kier alpha value is -0.320. The highest BCUT2D eigenvalue weighted by atomic mass is 32.2. The number of rotatable bonds is 9. The number of thioether (sulfide) groups is 1. The van der Waals surface area contributed by atoms with Crippen LogP contribution in [-0.2, 0) is 4.79 Å². The van der Waals surface area contributed by atoms with Crippen molar-refractivity contribution in [3.05, 3.63) is 0 Å². The molecule has 108 valence electrons. The summed E-state index contributed by atoms with van der Waals surface area (Å²) < 4.78 is 23.9. The lowest BCUT2D eigenvalue weighted by atomic mass is 9.89. The molecule has 5 heteroatoms. The van der Waals surface area contributed by atoms with Gasteiger partial charge in [-0.1, -0.05) is 27.7 Å². The maximum Gasteiger partial charge on any atom is 0.306 e. The number of halogens is 2. The average molecular weight is 282 g/mol. The summed E-state index contributed by atoms with van der Waals surface area (Å²) in [6.07, 6.45) is -1.25. The quantitative estimate of drug-likeness (QED) is 0.685. The third-order valence-corrected chi connectivity index (χ3v) is 4.06. The number of carboxylic acid groups (broad SMARTS) is 1. The number of carboxylic acids is 1. The Labute approximate surface area is 113 Å². The van der Waals surface area contributed by atoms with Crippen molar-refractivity contribution in [2.75, 3.05) is 5.75 Å². The standard InChI is InChI=1S/C13H24F2O2S/c1-9(2)7-10(12(16)17)8-13(3,4)18-6-5-11(14)15/h9-11H,5-8H2,1-4H3,(H,16,17). The highest BCUT2D eigenvalue weighted by molar-refractivity contribution is 8.00. The summed E-state index contributed by atoms with van der Waals surface area (Å²) >= 11 is 1.44. The van der Waals surface area contributed by atoms with Crippen molar-refractivity contribution in [1.29, 1.82) is 0 Å². The summed E-state index contributed by atoms with van der Waals surface area (Å²) in [5.74, 6) is -0.475. The minimum Gasteiger partial charge on any atom is -0.481 e. The molecule has 0 amide bonds. The fraction of sp³-hybridized carbons (Fsp3) is 0.923. The second kappa shape index (κ2) is 7.97. The number of alkyl halides is 2. The van der Waals surface area contributed by atoms with E-state index in [1.807, 2.05) is 27.7 Å². The summed E-state index contributed by atoms with van der Waals surface area (Å²) in [6.45, 7) is 7.85. The van der Waals surface area contributed by atoms with E-state index in [-0.39, 0.29) is 17.1 Å². The van der Waals surface area contributed by atoms with Gasteiger partial charge in [0.15, 0.2) is 0 Å². The lowest BCUT2D eigenvalue weighted by Crippen LogP contribution is -2.27. The molecule has 1 atom stereocenters. The molecule has 0 aliphatic heterocycles. The van der Waals surface area contributed by atoms with Crippen LogP contribution in [0.5, 0.6) is 0 Å². The third-order valence-electron chi connectivity index (χ3n) is 2.67. The van der Waals surface area contributed by atoms with Gasteiger partial charge < -0.3 is 5.11 Å². The van der Waals surface area contributed by atoms with Crippen LogP contribution in [-0.4, -0.2) is 28.0 Å². The van der Waals surface area contributed by atoms with E-state index < -0.39 is 12.4 Å². The largest absolute Gasteiger partial charge is 0.481 e. The molecule has 0 saturated heterocycles. The van der Waals surface area contributed by atoms with E-state index >= 15 is 0 Å². The van der Waals surface area contributed by atoms with E-state index in [9.17, 15) is 13.6 Å². The SMILES string of the molecule is CC(C)CC(CC(C)(C)SCCC(F)F)C(=O)O. The van der Waals surface area contributed by atoms with Crippen molar-refractivity contribution in [1.82, 2.24) is 0 Å². The molecule has 0 aromatic heterocycles. The highest BCUT2D eigenvalue weighted by Crippen LogP contribution is 2.34. The minimum absolute atomic E-state index is 0.129. The van der Waals surface area contributed by atoms with E-state index in [0.29, 0.717) is 24.5 Å². The molecule has 1 unspecified atom stereocenters. The van der Waals surface area contributed by atoms with E-state index in [2.05, 4.69) is 0 Å². The molecule has 18 heavy (non-hydrogen) atoms. The predicted molar refractivity (Wildman–Crippen MR) is 72.4 cm³/mol. The summed E-state index contributed by atoms with van der Waals surface area (Å²) in [4.78, 5) is 11.2. The molecule has 0 fully saturated rings. The van der Waals surface area contributed by atoms with E-state index in [4.69, 9.17) is 5.11 Å². The Kier molecular flexibility index (Phi) is 7.83. The number of hydrogen-bond acceptors (Lipinski definition) is 2. The van der Waals surface area contributed by atoms with Gasteiger partial charge in [-0.25, -0.2) is 8.78 Å². The molecule has 2 nitrogen and oxygen atoms in total. The first kappa shape index (κ1) is 17.7. The van der Waals surface area contributed by atoms with Gasteiger partial charge in [0.2, 0.25) is 6.43 Å². The molecule has 0 aliphatic carbocycles. The highest BCUT2D eigenvalue weighted by Gasteiger charge is 2.28. The van der Waals surface area contributed by atoms with Crippen LogP contribution in [0.25, 0.3) is 0 Å². The Morgan fingerprint density at radius 1 is 1.33 bits per heavy atom. The average Bonchev–Trinajstić information content (AvgIpc) is 2.14. The molecule has 0 spiro atoms. The molecule has 0 saturated carbocycles. The van der Waals surface area contributed by atoms with E-state index in [1.165, 1.54) is 11.8 Å².